The molecule has 1 atom stereocenters. The maximum absolute atomic E-state index is 11.8. The standard InChI is InChI=1S/C11H24N2O2S/c1-11(2,16(3,14)15)10(13-12)9-7-5-4-6-8-9/h9-10,13H,4-8,12H2,1-3H3. The fourth-order valence-electron chi connectivity index (χ4n) is 2.60. The summed E-state index contributed by atoms with van der Waals surface area (Å²) < 4.78 is 22.8. The van der Waals surface area contributed by atoms with Crippen LogP contribution in [0.2, 0.25) is 0 Å². The van der Waals surface area contributed by atoms with Crippen molar-refractivity contribution in [3.8, 4) is 0 Å². The van der Waals surface area contributed by atoms with Crippen LogP contribution < -0.4 is 11.3 Å². The summed E-state index contributed by atoms with van der Waals surface area (Å²) in [7, 11) is -3.11. The van der Waals surface area contributed by atoms with Gasteiger partial charge in [0, 0.05) is 12.3 Å². The van der Waals surface area contributed by atoms with Crippen molar-refractivity contribution < 1.29 is 8.42 Å². The van der Waals surface area contributed by atoms with E-state index < -0.39 is 14.6 Å². The molecule has 16 heavy (non-hydrogen) atoms. The molecule has 1 saturated carbocycles. The predicted molar refractivity (Wildman–Crippen MR) is 66.6 cm³/mol. The van der Waals surface area contributed by atoms with Crippen molar-refractivity contribution >= 4 is 9.84 Å². The van der Waals surface area contributed by atoms with Gasteiger partial charge in [0.25, 0.3) is 0 Å². The van der Waals surface area contributed by atoms with Crippen LogP contribution in [0.3, 0.4) is 0 Å². The van der Waals surface area contributed by atoms with E-state index in [1.165, 1.54) is 25.5 Å². The summed E-state index contributed by atoms with van der Waals surface area (Å²) in [4.78, 5) is 0. The van der Waals surface area contributed by atoms with Gasteiger partial charge in [-0.05, 0) is 32.6 Å². The van der Waals surface area contributed by atoms with E-state index in [0.29, 0.717) is 5.92 Å². The van der Waals surface area contributed by atoms with Crippen molar-refractivity contribution in [3.05, 3.63) is 0 Å². The maximum Gasteiger partial charge on any atom is 0.154 e. The second kappa shape index (κ2) is 5.02. The Kier molecular flexibility index (Phi) is 4.37. The molecule has 0 aromatic heterocycles. The van der Waals surface area contributed by atoms with Gasteiger partial charge in [-0.2, -0.15) is 0 Å². The van der Waals surface area contributed by atoms with Crippen molar-refractivity contribution in [2.45, 2.75) is 56.7 Å². The first-order chi connectivity index (χ1) is 7.30. The Bertz CT molecular complexity index is 319. The molecule has 0 bridgehead atoms. The summed E-state index contributed by atoms with van der Waals surface area (Å²) in [5.74, 6) is 5.95. The maximum atomic E-state index is 11.8. The average Bonchev–Trinajstić information content (AvgIpc) is 2.18. The molecular weight excluding hydrogens is 224 g/mol. The quantitative estimate of drug-likeness (QED) is 0.579. The lowest BCUT2D eigenvalue weighted by Gasteiger charge is -2.39. The monoisotopic (exact) mass is 248 g/mol. The Morgan fingerprint density at radius 3 is 2.12 bits per heavy atom. The first kappa shape index (κ1) is 13.9. The van der Waals surface area contributed by atoms with E-state index in [9.17, 15) is 8.42 Å². The molecule has 5 heteroatoms. The largest absolute Gasteiger partial charge is 0.271 e. The molecule has 1 fully saturated rings. The van der Waals surface area contributed by atoms with Crippen LogP contribution in [-0.2, 0) is 9.84 Å². The van der Waals surface area contributed by atoms with Crippen LogP contribution in [0.25, 0.3) is 0 Å². The summed E-state index contributed by atoms with van der Waals surface area (Å²) in [5.41, 5.74) is 2.74. The van der Waals surface area contributed by atoms with Crippen LogP contribution >= 0.6 is 0 Å². The lowest BCUT2D eigenvalue weighted by Crippen LogP contribution is -2.57. The number of nitrogens with one attached hydrogen (secondary N) is 1. The van der Waals surface area contributed by atoms with Crippen LogP contribution in [-0.4, -0.2) is 25.5 Å². The molecule has 96 valence electrons. The Labute approximate surface area is 98.9 Å². The van der Waals surface area contributed by atoms with Gasteiger partial charge in [0.1, 0.15) is 0 Å². The minimum atomic E-state index is -3.11. The first-order valence-corrected chi connectivity index (χ1v) is 7.85. The highest BCUT2D eigenvalue weighted by Gasteiger charge is 2.42. The van der Waals surface area contributed by atoms with Crippen LogP contribution in [0.15, 0.2) is 0 Å². The summed E-state index contributed by atoms with van der Waals surface area (Å²) in [6.45, 7) is 3.53. The zero-order valence-corrected chi connectivity index (χ0v) is 11.3. The summed E-state index contributed by atoms with van der Waals surface area (Å²) in [5, 5.41) is 0. The van der Waals surface area contributed by atoms with Gasteiger partial charge < -0.3 is 0 Å². The van der Waals surface area contributed by atoms with E-state index in [4.69, 9.17) is 5.84 Å². The van der Waals surface area contributed by atoms with E-state index >= 15 is 0 Å². The Balaban J connectivity index is 2.88. The third-order valence-electron chi connectivity index (χ3n) is 4.01. The van der Waals surface area contributed by atoms with Crippen LogP contribution in [0, 0.1) is 5.92 Å². The second-order valence-corrected chi connectivity index (χ2v) is 8.01. The topological polar surface area (TPSA) is 72.2 Å². The molecule has 0 aliphatic heterocycles. The number of rotatable bonds is 4. The van der Waals surface area contributed by atoms with Crippen molar-refractivity contribution in [3.63, 3.8) is 0 Å². The average molecular weight is 248 g/mol. The first-order valence-electron chi connectivity index (χ1n) is 5.96. The molecule has 0 amide bonds. The zero-order valence-electron chi connectivity index (χ0n) is 10.5. The Hall–Kier alpha value is -0.130. The van der Waals surface area contributed by atoms with Gasteiger partial charge in [0.2, 0.25) is 0 Å². The van der Waals surface area contributed by atoms with Crippen molar-refractivity contribution in [1.82, 2.24) is 5.43 Å². The third-order valence-corrected chi connectivity index (χ3v) is 6.17. The Morgan fingerprint density at radius 1 is 1.25 bits per heavy atom. The van der Waals surface area contributed by atoms with Gasteiger partial charge >= 0.3 is 0 Å². The smallest absolute Gasteiger partial charge is 0.154 e. The van der Waals surface area contributed by atoms with Gasteiger partial charge in [0.15, 0.2) is 9.84 Å². The molecule has 0 heterocycles. The molecule has 0 aromatic rings. The predicted octanol–water partition coefficient (Wildman–Crippen LogP) is 1.22. The van der Waals surface area contributed by atoms with E-state index in [1.807, 2.05) is 0 Å². The summed E-state index contributed by atoms with van der Waals surface area (Å²) in [6.07, 6.45) is 7.07. The molecule has 1 aliphatic rings. The molecular formula is C11H24N2O2S. The van der Waals surface area contributed by atoms with Crippen molar-refractivity contribution in [1.29, 1.82) is 0 Å². The van der Waals surface area contributed by atoms with Gasteiger partial charge in [-0.3, -0.25) is 11.3 Å². The Morgan fingerprint density at radius 2 is 1.75 bits per heavy atom. The molecule has 4 nitrogen and oxygen atoms in total. The molecule has 3 N–H and O–H groups in total. The van der Waals surface area contributed by atoms with Crippen LogP contribution in [0.5, 0.6) is 0 Å². The van der Waals surface area contributed by atoms with E-state index in [-0.39, 0.29) is 6.04 Å². The lowest BCUT2D eigenvalue weighted by molar-refractivity contribution is 0.234. The fraction of sp³-hybridized carbons (Fsp3) is 1.00. The highest BCUT2D eigenvalue weighted by atomic mass is 32.2. The van der Waals surface area contributed by atoms with Gasteiger partial charge in [-0.15, -0.1) is 0 Å². The third kappa shape index (κ3) is 2.76. The van der Waals surface area contributed by atoms with Gasteiger partial charge in [-0.25, -0.2) is 8.42 Å². The molecule has 0 radical (unpaired) electrons. The molecule has 1 rings (SSSR count). The highest BCUT2D eigenvalue weighted by Crippen LogP contribution is 2.33. The zero-order chi connectivity index (χ0) is 12.4. The van der Waals surface area contributed by atoms with Crippen molar-refractivity contribution in [2.24, 2.45) is 11.8 Å². The number of sulfone groups is 1. The normalized spacial score (nSPS) is 22.0. The molecule has 0 aromatic carbocycles. The van der Waals surface area contributed by atoms with Gasteiger partial charge in [-0.1, -0.05) is 19.3 Å². The second-order valence-electron chi connectivity index (χ2n) is 5.42. The highest BCUT2D eigenvalue weighted by molar-refractivity contribution is 7.92. The lowest BCUT2D eigenvalue weighted by atomic mass is 9.79. The minimum Gasteiger partial charge on any atom is -0.271 e. The van der Waals surface area contributed by atoms with E-state index in [1.54, 1.807) is 13.8 Å². The van der Waals surface area contributed by atoms with Crippen LogP contribution in [0.1, 0.15) is 46.0 Å². The van der Waals surface area contributed by atoms with E-state index in [2.05, 4.69) is 5.43 Å². The minimum absolute atomic E-state index is 0.150. The number of hydrogen-bond acceptors (Lipinski definition) is 4. The van der Waals surface area contributed by atoms with Gasteiger partial charge in [0.05, 0.1) is 4.75 Å². The van der Waals surface area contributed by atoms with E-state index in [0.717, 1.165) is 12.8 Å². The van der Waals surface area contributed by atoms with Crippen LogP contribution in [0.4, 0.5) is 0 Å². The number of hydrazine groups is 1. The summed E-state index contributed by atoms with van der Waals surface area (Å²) in [6, 6.07) is -0.150. The van der Waals surface area contributed by atoms with Crippen molar-refractivity contribution in [2.75, 3.05) is 6.26 Å². The SMILES string of the molecule is CC(C)(C(NN)C1CCCCC1)S(C)(=O)=O. The molecule has 0 saturated heterocycles. The summed E-state index contributed by atoms with van der Waals surface area (Å²) >= 11 is 0. The molecule has 1 unspecified atom stereocenters. The fourth-order valence-corrected chi connectivity index (χ4v) is 3.32. The number of nitrogens with two attached hydrogens (primary N) is 1. The molecule has 1 aliphatic carbocycles. The molecule has 0 spiro atoms. The number of hydrogen-bond donors (Lipinski definition) is 2.